The van der Waals surface area contributed by atoms with Crippen molar-refractivity contribution in [2.24, 2.45) is 0 Å². The third kappa shape index (κ3) is 2.29. The number of nitrogens with zero attached hydrogens (tertiary/aromatic N) is 2. The van der Waals surface area contributed by atoms with Gasteiger partial charge in [-0.25, -0.2) is 14.2 Å². The van der Waals surface area contributed by atoms with E-state index >= 15 is 0 Å². The summed E-state index contributed by atoms with van der Waals surface area (Å²) in [4.78, 5) is 38.6. The Balaban J connectivity index is 1.95. The monoisotopic (exact) mass is 297 g/mol. The maximum atomic E-state index is 12.9. The predicted molar refractivity (Wildman–Crippen MR) is 71.3 cm³/mol. The molecule has 0 aliphatic carbocycles. The first-order valence-electron chi connectivity index (χ1n) is 7.24. The van der Waals surface area contributed by atoms with Crippen molar-refractivity contribution in [3.8, 4) is 0 Å². The highest BCUT2D eigenvalue weighted by atomic mass is 16.6. The van der Waals surface area contributed by atoms with E-state index in [-0.39, 0.29) is 47.5 Å². The van der Waals surface area contributed by atoms with Gasteiger partial charge in [0.15, 0.2) is 11.3 Å². The lowest BCUT2D eigenvalue weighted by molar-refractivity contribution is -0.876. The van der Waals surface area contributed by atoms with Gasteiger partial charge >= 0.3 is 6.03 Å². The van der Waals surface area contributed by atoms with E-state index in [0.717, 1.165) is 0 Å². The first-order chi connectivity index (χ1) is 9.78. The number of amides is 3. The van der Waals surface area contributed by atoms with Crippen molar-refractivity contribution < 1.29 is 28.3 Å². The number of carbonyl (C=O) groups excluding carboxylic acids is 3. The molecular formula is C14H21N2O5+. The van der Waals surface area contributed by atoms with Crippen molar-refractivity contribution in [3.63, 3.8) is 0 Å². The van der Waals surface area contributed by atoms with Gasteiger partial charge in [-0.05, 0) is 0 Å². The molecule has 3 aliphatic rings. The van der Waals surface area contributed by atoms with E-state index in [1.165, 1.54) is 11.8 Å². The molecule has 3 saturated heterocycles. The summed E-state index contributed by atoms with van der Waals surface area (Å²) in [6.45, 7) is 6.78. The van der Waals surface area contributed by atoms with Gasteiger partial charge in [0.1, 0.15) is 19.2 Å². The van der Waals surface area contributed by atoms with Crippen molar-refractivity contribution in [1.29, 1.82) is 0 Å². The maximum absolute atomic E-state index is 12.9. The van der Waals surface area contributed by atoms with Crippen LogP contribution in [-0.2, 0) is 19.1 Å². The molecule has 21 heavy (non-hydrogen) atoms. The largest absolute Gasteiger partial charge is 0.427 e. The van der Waals surface area contributed by atoms with Crippen LogP contribution in [0.5, 0.6) is 0 Å². The molecule has 3 aliphatic heterocycles. The fourth-order valence-electron chi connectivity index (χ4n) is 3.15. The quantitative estimate of drug-likeness (QED) is 0.389. The maximum Gasteiger partial charge on any atom is 0.427 e. The Labute approximate surface area is 123 Å². The minimum absolute atomic E-state index is 0.0272. The number of hydrogen-bond donors (Lipinski definition) is 0. The molecule has 0 aromatic heterocycles. The fraction of sp³-hybridized carbons (Fsp3) is 0.786. The Morgan fingerprint density at radius 2 is 1.86 bits per heavy atom. The second-order valence-corrected chi connectivity index (χ2v) is 6.68. The van der Waals surface area contributed by atoms with Gasteiger partial charge in [0.25, 0.3) is 5.91 Å². The lowest BCUT2D eigenvalue weighted by Crippen LogP contribution is -2.65. The van der Waals surface area contributed by atoms with Crippen LogP contribution in [0, 0.1) is 0 Å². The Bertz CT molecular complexity index is 509. The average Bonchev–Trinajstić information content (AvgIpc) is 3.26. The second kappa shape index (κ2) is 4.59. The first kappa shape index (κ1) is 14.6. The van der Waals surface area contributed by atoms with Crippen LogP contribution in [0.1, 0.15) is 20.8 Å². The van der Waals surface area contributed by atoms with Crippen LogP contribution in [0.4, 0.5) is 4.79 Å². The smallest absolute Gasteiger partial charge is 0.371 e. The number of rotatable bonds is 6. The van der Waals surface area contributed by atoms with Crippen LogP contribution in [0.25, 0.3) is 0 Å². The van der Waals surface area contributed by atoms with Crippen LogP contribution in [-0.4, -0.2) is 77.7 Å². The van der Waals surface area contributed by atoms with Crippen molar-refractivity contribution in [1.82, 2.24) is 4.90 Å². The number of ketones is 1. The van der Waals surface area contributed by atoms with Crippen LogP contribution >= 0.6 is 0 Å². The standard InChI is InChI=1S/C14H21N2O5/c1-9(17)5-16(6-11-8-21-11)13(19)15(4-10-7-20-10)12(18)14(16,2)3/h10-11H,4-8H2,1-3H3/q+1. The van der Waals surface area contributed by atoms with Crippen molar-refractivity contribution >= 4 is 17.7 Å². The molecule has 7 nitrogen and oxygen atoms in total. The van der Waals surface area contributed by atoms with Crippen LogP contribution in [0.3, 0.4) is 0 Å². The third-order valence-electron chi connectivity index (χ3n) is 4.63. The topological polar surface area (TPSA) is 79.5 Å². The van der Waals surface area contributed by atoms with E-state index < -0.39 is 5.54 Å². The molecule has 3 rings (SSSR count). The minimum Gasteiger partial charge on any atom is -0.371 e. The molecule has 0 saturated carbocycles. The SMILES string of the molecule is CC(=O)C[N+]1(CC2CO2)C(=O)N(CC2CO2)C(=O)C1(C)C. The van der Waals surface area contributed by atoms with Gasteiger partial charge < -0.3 is 9.47 Å². The van der Waals surface area contributed by atoms with Gasteiger partial charge in [-0.1, -0.05) is 0 Å². The molecule has 3 atom stereocenters. The molecule has 3 fully saturated rings. The molecule has 7 heteroatoms. The summed E-state index contributed by atoms with van der Waals surface area (Å²) in [5.74, 6) is -0.334. The van der Waals surface area contributed by atoms with Gasteiger partial charge in [0.2, 0.25) is 0 Å². The highest BCUT2D eigenvalue weighted by Crippen LogP contribution is 2.39. The third-order valence-corrected chi connectivity index (χ3v) is 4.63. The number of hydrogen-bond acceptors (Lipinski definition) is 5. The number of ether oxygens (including phenoxy) is 2. The number of quaternary nitrogens is 1. The molecule has 0 aromatic carbocycles. The average molecular weight is 297 g/mol. The zero-order chi connectivity index (χ0) is 15.4. The van der Waals surface area contributed by atoms with Crippen molar-refractivity contribution in [2.45, 2.75) is 38.5 Å². The molecule has 0 bridgehead atoms. The number of urea groups is 1. The van der Waals surface area contributed by atoms with E-state index in [9.17, 15) is 14.4 Å². The molecule has 0 N–H and O–H groups in total. The molecule has 0 spiro atoms. The lowest BCUT2D eigenvalue weighted by Gasteiger charge is -2.38. The summed E-state index contributed by atoms with van der Waals surface area (Å²) in [7, 11) is 0. The van der Waals surface area contributed by atoms with Gasteiger partial charge in [-0.2, -0.15) is 0 Å². The Morgan fingerprint density at radius 1 is 1.29 bits per heavy atom. The Kier molecular flexibility index (Phi) is 3.20. The predicted octanol–water partition coefficient (Wildman–Crippen LogP) is -0.0694. The second-order valence-electron chi connectivity index (χ2n) is 6.68. The molecule has 3 amide bonds. The summed E-state index contributed by atoms with van der Waals surface area (Å²) in [5.41, 5.74) is -0.955. The molecule has 3 unspecified atom stereocenters. The molecular weight excluding hydrogens is 276 g/mol. The van der Waals surface area contributed by atoms with Crippen LogP contribution < -0.4 is 0 Å². The molecule has 3 heterocycles. The van der Waals surface area contributed by atoms with Crippen molar-refractivity contribution in [3.05, 3.63) is 0 Å². The van der Waals surface area contributed by atoms with Gasteiger partial charge in [0.05, 0.1) is 25.9 Å². The summed E-state index contributed by atoms with van der Waals surface area (Å²) in [5, 5.41) is 0. The highest BCUT2D eigenvalue weighted by Gasteiger charge is 2.67. The summed E-state index contributed by atoms with van der Waals surface area (Å²) in [6, 6.07) is -0.300. The number of imide groups is 1. The van der Waals surface area contributed by atoms with Gasteiger partial charge in [-0.15, -0.1) is 0 Å². The Hall–Kier alpha value is -1.31. The van der Waals surface area contributed by atoms with E-state index in [1.807, 2.05) is 0 Å². The number of epoxide rings is 2. The van der Waals surface area contributed by atoms with Gasteiger partial charge in [0, 0.05) is 20.8 Å². The molecule has 0 radical (unpaired) electrons. The zero-order valence-electron chi connectivity index (χ0n) is 12.6. The van der Waals surface area contributed by atoms with E-state index in [1.54, 1.807) is 13.8 Å². The lowest BCUT2D eigenvalue weighted by atomic mass is 9.99. The van der Waals surface area contributed by atoms with E-state index in [2.05, 4.69) is 0 Å². The van der Waals surface area contributed by atoms with Crippen molar-refractivity contribution in [2.75, 3.05) is 32.8 Å². The zero-order valence-corrected chi connectivity index (χ0v) is 12.6. The summed E-state index contributed by atoms with van der Waals surface area (Å²) < 4.78 is 10.2. The fourth-order valence-corrected chi connectivity index (χ4v) is 3.15. The first-order valence-corrected chi connectivity index (χ1v) is 7.24. The number of Topliss-reactive ketones (excluding diaryl/α,β-unsaturated/α-hetero) is 1. The molecule has 116 valence electrons. The van der Waals surface area contributed by atoms with E-state index in [0.29, 0.717) is 19.8 Å². The van der Waals surface area contributed by atoms with Crippen LogP contribution in [0.15, 0.2) is 0 Å². The minimum atomic E-state index is -0.955. The Morgan fingerprint density at radius 3 is 2.33 bits per heavy atom. The summed E-state index contributed by atoms with van der Waals surface area (Å²) >= 11 is 0. The number of carbonyl (C=O) groups is 3. The van der Waals surface area contributed by atoms with E-state index in [4.69, 9.17) is 9.47 Å². The van der Waals surface area contributed by atoms with Gasteiger partial charge in [-0.3, -0.25) is 9.59 Å². The highest BCUT2D eigenvalue weighted by molar-refractivity contribution is 6.02. The summed E-state index contributed by atoms with van der Waals surface area (Å²) in [6.07, 6.45) is -0.0966. The normalized spacial score (nSPS) is 37.0. The van der Waals surface area contributed by atoms with Crippen LogP contribution in [0.2, 0.25) is 0 Å². The molecule has 0 aromatic rings.